The topological polar surface area (TPSA) is 104 Å². The Morgan fingerprint density at radius 3 is 2.47 bits per heavy atom. The number of aromatic hydroxyl groups is 1. The van der Waals surface area contributed by atoms with E-state index in [0.717, 1.165) is 6.08 Å². The Bertz CT molecular complexity index is 410. The van der Waals surface area contributed by atoms with Gasteiger partial charge in [0.15, 0.2) is 11.5 Å². The number of rotatable bonds is 3. The number of carboxylic acid groups (broad SMARTS) is 2. The van der Waals surface area contributed by atoms with Gasteiger partial charge in [0, 0.05) is 6.08 Å². The molecule has 0 spiro atoms. The van der Waals surface area contributed by atoms with Gasteiger partial charge >= 0.3 is 5.97 Å². The van der Waals surface area contributed by atoms with Crippen LogP contribution in [-0.2, 0) is 9.59 Å². The Kier molecular flexibility index (Phi) is 6.61. The van der Waals surface area contributed by atoms with Crippen molar-refractivity contribution in [2.45, 2.75) is 0 Å². The molecule has 6 heteroatoms. The van der Waals surface area contributed by atoms with E-state index in [1.165, 1.54) is 19.3 Å². The van der Waals surface area contributed by atoms with Crippen LogP contribution in [-0.4, -0.2) is 34.9 Å². The first kappa shape index (κ1) is 14.5. The van der Waals surface area contributed by atoms with Crippen LogP contribution < -0.4 is 4.74 Å². The predicted molar refractivity (Wildman–Crippen MR) is 60.0 cm³/mol. The van der Waals surface area contributed by atoms with Gasteiger partial charge in [0.2, 0.25) is 0 Å². The van der Waals surface area contributed by atoms with E-state index in [9.17, 15) is 9.90 Å². The predicted octanol–water partition coefficient (Wildman–Crippen LogP) is 1.20. The summed E-state index contributed by atoms with van der Waals surface area (Å²) in [6.45, 7) is -0.250. The van der Waals surface area contributed by atoms with Crippen LogP contribution in [0.2, 0.25) is 0 Å². The van der Waals surface area contributed by atoms with Gasteiger partial charge in [-0.05, 0) is 23.8 Å². The van der Waals surface area contributed by atoms with Gasteiger partial charge in [-0.3, -0.25) is 4.79 Å². The summed E-state index contributed by atoms with van der Waals surface area (Å²) in [5, 5.41) is 24.5. The van der Waals surface area contributed by atoms with E-state index in [-0.39, 0.29) is 12.2 Å². The van der Waals surface area contributed by atoms with Gasteiger partial charge in [0.1, 0.15) is 0 Å². The monoisotopic (exact) mass is 240 g/mol. The summed E-state index contributed by atoms with van der Waals surface area (Å²) in [4.78, 5) is 18.6. The molecule has 1 aromatic rings. The van der Waals surface area contributed by atoms with Crippen molar-refractivity contribution in [3.05, 3.63) is 29.8 Å². The lowest BCUT2D eigenvalue weighted by molar-refractivity contribution is -0.131. The fraction of sp³-hybridized carbons (Fsp3) is 0.0909. The maximum Gasteiger partial charge on any atom is 0.328 e. The van der Waals surface area contributed by atoms with Crippen LogP contribution in [0.15, 0.2) is 24.3 Å². The van der Waals surface area contributed by atoms with Gasteiger partial charge < -0.3 is 20.1 Å². The van der Waals surface area contributed by atoms with Crippen LogP contribution in [0.3, 0.4) is 0 Å². The van der Waals surface area contributed by atoms with E-state index in [2.05, 4.69) is 0 Å². The molecule has 0 radical (unpaired) electrons. The summed E-state index contributed by atoms with van der Waals surface area (Å²) < 4.78 is 4.86. The zero-order valence-corrected chi connectivity index (χ0v) is 9.03. The molecule has 1 rings (SSSR count). The van der Waals surface area contributed by atoms with Gasteiger partial charge in [-0.25, -0.2) is 4.79 Å². The second kappa shape index (κ2) is 7.75. The highest BCUT2D eigenvalue weighted by molar-refractivity contribution is 5.85. The minimum Gasteiger partial charge on any atom is -0.504 e. The summed E-state index contributed by atoms with van der Waals surface area (Å²) in [7, 11) is 1.43. The van der Waals surface area contributed by atoms with Gasteiger partial charge in [0.25, 0.3) is 6.47 Å². The quantitative estimate of drug-likeness (QED) is 0.541. The van der Waals surface area contributed by atoms with Crippen LogP contribution in [0.1, 0.15) is 5.56 Å². The molecule has 0 aliphatic heterocycles. The Labute approximate surface area is 97.4 Å². The maximum absolute atomic E-state index is 10.2. The molecule has 0 aromatic heterocycles. The number of ether oxygens (including phenoxy) is 1. The second-order valence-electron chi connectivity index (χ2n) is 2.71. The molecular formula is C11H12O6. The van der Waals surface area contributed by atoms with Crippen LogP contribution in [0.4, 0.5) is 0 Å². The molecule has 0 atom stereocenters. The highest BCUT2D eigenvalue weighted by Crippen LogP contribution is 2.26. The molecule has 17 heavy (non-hydrogen) atoms. The highest BCUT2D eigenvalue weighted by atomic mass is 16.5. The fourth-order valence-electron chi connectivity index (χ4n) is 0.965. The molecule has 0 aliphatic rings. The van der Waals surface area contributed by atoms with Gasteiger partial charge in [-0.15, -0.1) is 0 Å². The summed E-state index contributed by atoms with van der Waals surface area (Å²) in [5.41, 5.74) is 0.655. The van der Waals surface area contributed by atoms with E-state index in [1.807, 2.05) is 0 Å². The van der Waals surface area contributed by atoms with Crippen molar-refractivity contribution >= 4 is 18.5 Å². The molecule has 0 saturated heterocycles. The molecule has 0 aliphatic carbocycles. The van der Waals surface area contributed by atoms with Gasteiger partial charge in [-0.2, -0.15) is 0 Å². The van der Waals surface area contributed by atoms with Crippen LogP contribution >= 0.6 is 0 Å². The first-order valence-corrected chi connectivity index (χ1v) is 4.41. The first-order chi connectivity index (χ1) is 8.04. The molecule has 3 N–H and O–H groups in total. The number of benzene rings is 1. The van der Waals surface area contributed by atoms with E-state index < -0.39 is 5.97 Å². The number of phenols is 1. The Balaban J connectivity index is 0.000000770. The largest absolute Gasteiger partial charge is 0.504 e. The van der Waals surface area contributed by atoms with Crippen molar-refractivity contribution in [2.75, 3.05) is 7.11 Å². The van der Waals surface area contributed by atoms with E-state index in [4.69, 9.17) is 19.7 Å². The lowest BCUT2D eigenvalue weighted by atomic mass is 10.2. The molecule has 0 fully saturated rings. The minimum atomic E-state index is -1.02. The Morgan fingerprint density at radius 2 is 2.00 bits per heavy atom. The van der Waals surface area contributed by atoms with E-state index >= 15 is 0 Å². The first-order valence-electron chi connectivity index (χ1n) is 4.41. The Morgan fingerprint density at radius 1 is 1.41 bits per heavy atom. The van der Waals surface area contributed by atoms with E-state index in [0.29, 0.717) is 11.3 Å². The third-order valence-electron chi connectivity index (χ3n) is 1.62. The lowest BCUT2D eigenvalue weighted by Crippen LogP contribution is -1.87. The standard InChI is InChI=1S/C10H10O4.CH2O2/c1-14-9-6-7(2-4-8(9)11)3-5-10(12)13;2-1-3/h2-6,11H,1H3,(H,12,13);1H,(H,2,3). The third-order valence-corrected chi connectivity index (χ3v) is 1.62. The fourth-order valence-corrected chi connectivity index (χ4v) is 0.965. The number of carbonyl (C=O) groups is 2. The SMILES string of the molecule is COc1cc(C=CC(=O)O)ccc1O.O=CO. The zero-order chi connectivity index (χ0) is 13.3. The van der Waals surface area contributed by atoms with Crippen molar-refractivity contribution in [2.24, 2.45) is 0 Å². The van der Waals surface area contributed by atoms with E-state index in [1.54, 1.807) is 12.1 Å². The molecule has 0 bridgehead atoms. The van der Waals surface area contributed by atoms with Crippen LogP contribution in [0, 0.1) is 0 Å². The molecule has 0 unspecified atom stereocenters. The van der Waals surface area contributed by atoms with Crippen LogP contribution in [0.25, 0.3) is 6.08 Å². The summed E-state index contributed by atoms with van der Waals surface area (Å²) >= 11 is 0. The summed E-state index contributed by atoms with van der Waals surface area (Å²) in [5.74, 6) is -0.672. The third kappa shape index (κ3) is 5.83. The zero-order valence-electron chi connectivity index (χ0n) is 9.03. The summed E-state index contributed by atoms with van der Waals surface area (Å²) in [6.07, 6.45) is 2.44. The lowest BCUT2D eigenvalue weighted by Gasteiger charge is -2.03. The maximum atomic E-state index is 10.2. The summed E-state index contributed by atoms with van der Waals surface area (Å²) in [6, 6.07) is 4.59. The molecule has 92 valence electrons. The number of carboxylic acids is 1. The van der Waals surface area contributed by atoms with Crippen molar-refractivity contribution < 1.29 is 29.6 Å². The molecule has 0 heterocycles. The second-order valence-corrected chi connectivity index (χ2v) is 2.71. The normalized spacial score (nSPS) is 9.24. The molecule has 0 saturated carbocycles. The average molecular weight is 240 g/mol. The van der Waals surface area contributed by atoms with Crippen molar-refractivity contribution in [3.8, 4) is 11.5 Å². The number of hydrogen-bond donors (Lipinski definition) is 3. The van der Waals surface area contributed by atoms with Gasteiger partial charge in [0.05, 0.1) is 7.11 Å². The number of hydrogen-bond acceptors (Lipinski definition) is 4. The minimum absolute atomic E-state index is 0.0278. The van der Waals surface area contributed by atoms with Crippen molar-refractivity contribution in [1.29, 1.82) is 0 Å². The highest BCUT2D eigenvalue weighted by Gasteiger charge is 2.00. The van der Waals surface area contributed by atoms with Crippen LogP contribution in [0.5, 0.6) is 11.5 Å². The smallest absolute Gasteiger partial charge is 0.328 e. The Hall–Kier alpha value is -2.50. The number of aliphatic carboxylic acids is 1. The molecular weight excluding hydrogens is 228 g/mol. The number of methoxy groups -OCH3 is 1. The molecule has 0 amide bonds. The van der Waals surface area contributed by atoms with Crippen molar-refractivity contribution in [1.82, 2.24) is 0 Å². The van der Waals surface area contributed by atoms with Gasteiger partial charge in [-0.1, -0.05) is 6.07 Å². The molecule has 6 nitrogen and oxygen atoms in total. The number of phenolic OH excluding ortho intramolecular Hbond substituents is 1. The average Bonchev–Trinajstić information content (AvgIpc) is 2.29. The molecule has 1 aromatic carbocycles. The van der Waals surface area contributed by atoms with Crippen molar-refractivity contribution in [3.63, 3.8) is 0 Å².